The van der Waals surface area contributed by atoms with Crippen LogP contribution in [0.3, 0.4) is 0 Å². The fraction of sp³-hybridized carbons (Fsp3) is 0.458. The number of nitrogens with zero attached hydrogens (tertiary/aromatic N) is 1. The Labute approximate surface area is 185 Å². The minimum atomic E-state index is -3.59. The first-order chi connectivity index (χ1) is 14.3. The molecule has 3 rings (SSSR count). The molecular weight excluding hydrogens is 412 g/mol. The Bertz CT molecular complexity index is 1100. The van der Waals surface area contributed by atoms with Gasteiger partial charge in [-0.25, -0.2) is 8.42 Å². The highest BCUT2D eigenvalue weighted by Crippen LogP contribution is 2.38. The molecule has 0 fully saturated rings. The van der Waals surface area contributed by atoms with Gasteiger partial charge in [0, 0.05) is 0 Å². The molecule has 0 spiro atoms. The molecule has 1 N–H and O–H groups in total. The first-order valence-corrected chi connectivity index (χ1v) is 12.3. The Hall–Kier alpha value is -2.54. The highest BCUT2D eigenvalue weighted by atomic mass is 32.2. The second-order valence-corrected chi connectivity index (χ2v) is 11.3. The van der Waals surface area contributed by atoms with Crippen molar-refractivity contribution >= 4 is 21.6 Å². The third-order valence-corrected chi connectivity index (χ3v) is 6.79. The minimum Gasteiger partial charge on any atom is -0.476 e. The standard InChI is InChI=1S/C24H32N2O4S/c1-15-8-9-16(2)19(12-15)17(3)25-23(27)22-14-26(31(7,28)29)20-13-18(24(4,5)6)10-11-21(20)30-22/h8-13,17,22H,14H2,1-7H3,(H,25,27)/t17-,22-/m1/s1. The summed E-state index contributed by atoms with van der Waals surface area (Å²) in [6.07, 6.45) is 0.217. The Balaban J connectivity index is 1.88. The van der Waals surface area contributed by atoms with Gasteiger partial charge < -0.3 is 10.1 Å². The number of aryl methyl sites for hydroxylation is 2. The van der Waals surface area contributed by atoms with Gasteiger partial charge in [0.15, 0.2) is 6.10 Å². The highest BCUT2D eigenvalue weighted by molar-refractivity contribution is 7.92. The SMILES string of the molecule is Cc1ccc(C)c([C@@H](C)NC(=O)[C@H]2CN(S(C)(=O)=O)c3cc(C(C)(C)C)ccc3O2)c1. The maximum absolute atomic E-state index is 13.0. The van der Waals surface area contributed by atoms with Gasteiger partial charge in [-0.05, 0) is 55.0 Å². The van der Waals surface area contributed by atoms with Gasteiger partial charge >= 0.3 is 0 Å². The number of rotatable bonds is 4. The zero-order chi connectivity index (χ0) is 23.1. The van der Waals surface area contributed by atoms with Crippen LogP contribution in [0.4, 0.5) is 5.69 Å². The fourth-order valence-electron chi connectivity index (χ4n) is 3.78. The Kier molecular flexibility index (Phi) is 6.11. The molecule has 0 unspecified atom stereocenters. The average Bonchev–Trinajstić information content (AvgIpc) is 2.66. The van der Waals surface area contributed by atoms with Gasteiger partial charge in [-0.2, -0.15) is 0 Å². The van der Waals surface area contributed by atoms with Crippen LogP contribution in [0.5, 0.6) is 5.75 Å². The molecule has 0 bridgehead atoms. The van der Waals surface area contributed by atoms with E-state index in [0.29, 0.717) is 11.4 Å². The molecule has 0 saturated carbocycles. The summed E-state index contributed by atoms with van der Waals surface area (Å²) >= 11 is 0. The van der Waals surface area contributed by atoms with Crippen LogP contribution in [-0.4, -0.2) is 33.2 Å². The smallest absolute Gasteiger partial charge is 0.263 e. The van der Waals surface area contributed by atoms with Crippen molar-refractivity contribution in [1.29, 1.82) is 0 Å². The summed E-state index contributed by atoms with van der Waals surface area (Å²) in [6.45, 7) is 12.1. The lowest BCUT2D eigenvalue weighted by Gasteiger charge is -2.35. The Morgan fingerprint density at radius 1 is 1.16 bits per heavy atom. The van der Waals surface area contributed by atoms with E-state index in [-0.39, 0.29) is 23.9 Å². The second-order valence-electron chi connectivity index (χ2n) is 9.42. The van der Waals surface area contributed by atoms with E-state index in [9.17, 15) is 13.2 Å². The molecule has 0 aliphatic carbocycles. The molecule has 0 saturated heterocycles. The number of benzene rings is 2. The maximum Gasteiger partial charge on any atom is 0.263 e. The van der Waals surface area contributed by atoms with Crippen LogP contribution in [0.1, 0.15) is 56.0 Å². The van der Waals surface area contributed by atoms with E-state index < -0.39 is 16.1 Å². The fourth-order valence-corrected chi connectivity index (χ4v) is 4.69. The summed E-state index contributed by atoms with van der Waals surface area (Å²) < 4.78 is 32.3. The van der Waals surface area contributed by atoms with Gasteiger partial charge in [0.25, 0.3) is 5.91 Å². The molecule has 1 amide bonds. The number of amides is 1. The van der Waals surface area contributed by atoms with Gasteiger partial charge in [0.05, 0.1) is 24.5 Å². The number of hydrogen-bond acceptors (Lipinski definition) is 4. The van der Waals surface area contributed by atoms with E-state index in [1.165, 1.54) is 4.31 Å². The van der Waals surface area contributed by atoms with Crippen LogP contribution < -0.4 is 14.4 Å². The number of sulfonamides is 1. The molecule has 1 aliphatic rings. The lowest BCUT2D eigenvalue weighted by molar-refractivity contribution is -0.128. The van der Waals surface area contributed by atoms with Gasteiger partial charge in [-0.15, -0.1) is 0 Å². The second kappa shape index (κ2) is 8.19. The molecule has 2 aromatic rings. The number of fused-ring (bicyclic) bond motifs is 1. The summed E-state index contributed by atoms with van der Waals surface area (Å²) in [4.78, 5) is 13.0. The predicted molar refractivity (Wildman–Crippen MR) is 124 cm³/mol. The van der Waals surface area contributed by atoms with Crippen molar-refractivity contribution in [2.24, 2.45) is 0 Å². The molecule has 168 valence electrons. The summed E-state index contributed by atoms with van der Waals surface area (Å²) in [7, 11) is -3.59. The lowest BCUT2D eigenvalue weighted by atomic mass is 9.86. The van der Waals surface area contributed by atoms with E-state index in [4.69, 9.17) is 4.74 Å². The first-order valence-electron chi connectivity index (χ1n) is 10.4. The van der Waals surface area contributed by atoms with Crippen LogP contribution in [0.2, 0.25) is 0 Å². The monoisotopic (exact) mass is 444 g/mol. The predicted octanol–water partition coefficient (Wildman–Crippen LogP) is 4.01. The van der Waals surface area contributed by atoms with E-state index in [0.717, 1.165) is 28.5 Å². The average molecular weight is 445 g/mol. The molecular formula is C24H32N2O4S. The largest absolute Gasteiger partial charge is 0.476 e. The minimum absolute atomic E-state index is 0.0647. The number of carbonyl (C=O) groups excluding carboxylic acids is 1. The van der Waals surface area contributed by atoms with Gasteiger partial charge in [0.1, 0.15) is 5.75 Å². The Morgan fingerprint density at radius 3 is 2.45 bits per heavy atom. The van der Waals surface area contributed by atoms with Crippen molar-refractivity contribution in [2.45, 2.75) is 59.1 Å². The quantitative estimate of drug-likeness (QED) is 0.773. The van der Waals surface area contributed by atoms with Crippen molar-refractivity contribution in [3.63, 3.8) is 0 Å². The molecule has 7 heteroatoms. The van der Waals surface area contributed by atoms with E-state index in [1.807, 2.05) is 51.1 Å². The third-order valence-electron chi connectivity index (χ3n) is 5.65. The molecule has 0 radical (unpaired) electrons. The van der Waals surface area contributed by atoms with Crippen molar-refractivity contribution in [3.8, 4) is 5.75 Å². The first kappa shape index (κ1) is 23.1. The normalized spacial score (nSPS) is 17.5. The van der Waals surface area contributed by atoms with E-state index in [2.05, 4.69) is 26.1 Å². The molecule has 2 atom stereocenters. The third kappa shape index (κ3) is 5.03. The molecule has 31 heavy (non-hydrogen) atoms. The number of nitrogens with one attached hydrogen (secondary N) is 1. The Morgan fingerprint density at radius 2 is 1.84 bits per heavy atom. The van der Waals surface area contributed by atoms with Crippen LogP contribution in [0.15, 0.2) is 36.4 Å². The molecule has 0 aromatic heterocycles. The number of carbonyl (C=O) groups is 1. The highest BCUT2D eigenvalue weighted by Gasteiger charge is 2.36. The molecule has 6 nitrogen and oxygen atoms in total. The van der Waals surface area contributed by atoms with Gasteiger partial charge in [-0.1, -0.05) is 50.6 Å². The van der Waals surface area contributed by atoms with Crippen LogP contribution in [0, 0.1) is 13.8 Å². The van der Waals surface area contributed by atoms with Crippen LogP contribution in [0.25, 0.3) is 0 Å². The van der Waals surface area contributed by atoms with Crippen molar-refractivity contribution in [3.05, 3.63) is 58.7 Å². The summed E-state index contributed by atoms with van der Waals surface area (Å²) in [5, 5.41) is 2.99. The summed E-state index contributed by atoms with van der Waals surface area (Å²) in [5.74, 6) is 0.0526. The molecule has 2 aromatic carbocycles. The number of hydrogen-bond donors (Lipinski definition) is 1. The maximum atomic E-state index is 13.0. The topological polar surface area (TPSA) is 75.7 Å². The molecule has 1 heterocycles. The lowest BCUT2D eigenvalue weighted by Crippen LogP contribution is -2.51. The zero-order valence-corrected chi connectivity index (χ0v) is 20.1. The van der Waals surface area contributed by atoms with E-state index >= 15 is 0 Å². The van der Waals surface area contributed by atoms with Crippen LogP contribution >= 0.6 is 0 Å². The van der Waals surface area contributed by atoms with Gasteiger partial charge in [-0.3, -0.25) is 9.10 Å². The number of anilines is 1. The summed E-state index contributed by atoms with van der Waals surface area (Å²) in [6, 6.07) is 11.4. The van der Waals surface area contributed by atoms with Crippen LogP contribution in [-0.2, 0) is 20.2 Å². The molecule has 1 aliphatic heterocycles. The van der Waals surface area contributed by atoms with Crippen molar-refractivity contribution < 1.29 is 17.9 Å². The van der Waals surface area contributed by atoms with E-state index in [1.54, 1.807) is 6.07 Å². The number of ether oxygens (including phenoxy) is 1. The summed E-state index contributed by atoms with van der Waals surface area (Å²) in [5.41, 5.74) is 4.55. The van der Waals surface area contributed by atoms with Crippen molar-refractivity contribution in [2.75, 3.05) is 17.1 Å². The van der Waals surface area contributed by atoms with Gasteiger partial charge in [0.2, 0.25) is 10.0 Å². The zero-order valence-electron chi connectivity index (χ0n) is 19.3. The van der Waals surface area contributed by atoms with Crippen molar-refractivity contribution in [1.82, 2.24) is 5.32 Å².